The zero-order valence-corrected chi connectivity index (χ0v) is 24.2. The van der Waals surface area contributed by atoms with Crippen molar-refractivity contribution in [1.29, 1.82) is 0 Å². The normalized spacial score (nSPS) is 11.9. The predicted octanol–water partition coefficient (Wildman–Crippen LogP) is 6.15. The van der Waals surface area contributed by atoms with Crippen molar-refractivity contribution in [2.24, 2.45) is 7.05 Å². The molecule has 2 aromatic carbocycles. The Morgan fingerprint density at radius 1 is 1.00 bits per heavy atom. The van der Waals surface area contributed by atoms with Gasteiger partial charge in [-0.1, -0.05) is 36.4 Å². The third-order valence-electron chi connectivity index (χ3n) is 6.09. The molecule has 0 saturated carbocycles. The molecule has 2 amide bonds. The van der Waals surface area contributed by atoms with Crippen LogP contribution in [0.3, 0.4) is 0 Å². The second-order valence-electron chi connectivity index (χ2n) is 10.7. The first-order valence-electron chi connectivity index (χ1n) is 13.3. The minimum Gasteiger partial charge on any atom is -0.444 e. The molecule has 2 heterocycles. The van der Waals surface area contributed by atoms with Crippen molar-refractivity contribution in [2.45, 2.75) is 52.8 Å². The van der Waals surface area contributed by atoms with Gasteiger partial charge in [0.05, 0.1) is 24.5 Å². The quantitative estimate of drug-likeness (QED) is 0.224. The fraction of sp³-hybridized carbons (Fsp3) is 0.300. The van der Waals surface area contributed by atoms with Gasteiger partial charge < -0.3 is 20.3 Å². The zero-order valence-electron chi connectivity index (χ0n) is 24.2. The largest absolute Gasteiger partial charge is 0.444 e. The highest BCUT2D eigenvalue weighted by Crippen LogP contribution is 2.28. The van der Waals surface area contributed by atoms with Crippen LogP contribution in [-0.2, 0) is 23.1 Å². The average Bonchev–Trinajstić information content (AvgIpc) is 3.31. The van der Waals surface area contributed by atoms with Gasteiger partial charge >= 0.3 is 6.09 Å². The van der Waals surface area contributed by atoms with Crippen LogP contribution in [0.4, 0.5) is 33.6 Å². The van der Waals surface area contributed by atoms with Crippen molar-refractivity contribution in [1.82, 2.24) is 24.6 Å². The van der Waals surface area contributed by atoms with Gasteiger partial charge in [-0.05, 0) is 51.5 Å². The Kier molecular flexibility index (Phi) is 8.86. The molecule has 0 aliphatic heterocycles. The van der Waals surface area contributed by atoms with E-state index in [0.29, 0.717) is 28.7 Å². The van der Waals surface area contributed by atoms with Crippen molar-refractivity contribution in [3.8, 4) is 0 Å². The summed E-state index contributed by atoms with van der Waals surface area (Å²) in [6.07, 6.45) is 4.64. The number of benzene rings is 2. The number of rotatable bonds is 9. The van der Waals surface area contributed by atoms with Gasteiger partial charge in [-0.15, -0.1) is 0 Å². The van der Waals surface area contributed by atoms with E-state index in [-0.39, 0.29) is 18.5 Å². The lowest BCUT2D eigenvalue weighted by atomic mass is 10.1. The molecule has 3 N–H and O–H groups in total. The number of nitrogens with zero attached hydrogens (tertiary/aromatic N) is 5. The molecule has 4 rings (SSSR count). The van der Waals surface area contributed by atoms with Crippen LogP contribution in [0.1, 0.15) is 51.8 Å². The summed E-state index contributed by atoms with van der Waals surface area (Å²) in [5, 5.41) is 13.4. The third kappa shape index (κ3) is 8.28. The van der Waals surface area contributed by atoms with Gasteiger partial charge in [-0.25, -0.2) is 9.78 Å². The molecule has 2 aromatic heterocycles. The molecule has 4 aromatic rings. The van der Waals surface area contributed by atoms with Crippen molar-refractivity contribution in [3.63, 3.8) is 0 Å². The second kappa shape index (κ2) is 12.5. The SMILES string of the molecule is CC(=O)N(Cc1cnc(Nc2cnn(C)c2)nc1Nc1cccc(NC(=O)OC(C)(C)C)c1)C(C)c1ccccc1. The van der Waals surface area contributed by atoms with Crippen molar-refractivity contribution < 1.29 is 14.3 Å². The molecule has 0 aliphatic rings. The molecule has 11 heteroatoms. The van der Waals surface area contributed by atoms with E-state index in [9.17, 15) is 9.59 Å². The van der Waals surface area contributed by atoms with Gasteiger partial charge in [0.25, 0.3) is 0 Å². The molecule has 214 valence electrons. The van der Waals surface area contributed by atoms with Crippen LogP contribution in [0.5, 0.6) is 0 Å². The number of hydrogen-bond acceptors (Lipinski definition) is 8. The number of ether oxygens (including phenoxy) is 1. The third-order valence-corrected chi connectivity index (χ3v) is 6.09. The number of aryl methyl sites for hydroxylation is 1. The fourth-order valence-electron chi connectivity index (χ4n) is 4.15. The van der Waals surface area contributed by atoms with Gasteiger partial charge in [-0.3, -0.25) is 14.8 Å². The summed E-state index contributed by atoms with van der Waals surface area (Å²) in [4.78, 5) is 36.1. The van der Waals surface area contributed by atoms with E-state index in [4.69, 9.17) is 9.72 Å². The summed E-state index contributed by atoms with van der Waals surface area (Å²) in [6.45, 7) is 9.24. The van der Waals surface area contributed by atoms with Crippen LogP contribution in [0.2, 0.25) is 0 Å². The molecule has 0 aliphatic carbocycles. The van der Waals surface area contributed by atoms with Crippen LogP contribution in [0.25, 0.3) is 0 Å². The van der Waals surface area contributed by atoms with Crippen molar-refractivity contribution in [3.05, 3.63) is 84.3 Å². The highest BCUT2D eigenvalue weighted by molar-refractivity contribution is 5.86. The van der Waals surface area contributed by atoms with Crippen LogP contribution >= 0.6 is 0 Å². The number of carbonyl (C=O) groups is 2. The Morgan fingerprint density at radius 2 is 1.73 bits per heavy atom. The summed E-state index contributed by atoms with van der Waals surface area (Å²) in [7, 11) is 1.82. The number of hydrogen-bond donors (Lipinski definition) is 3. The minimum atomic E-state index is -0.618. The van der Waals surface area contributed by atoms with E-state index in [1.54, 1.807) is 61.8 Å². The van der Waals surface area contributed by atoms with Gasteiger partial charge in [0.15, 0.2) is 0 Å². The van der Waals surface area contributed by atoms with Crippen LogP contribution in [0.15, 0.2) is 73.2 Å². The molecule has 0 fully saturated rings. The molecular formula is C30H36N8O3. The molecule has 11 nitrogen and oxygen atoms in total. The van der Waals surface area contributed by atoms with E-state index < -0.39 is 11.7 Å². The van der Waals surface area contributed by atoms with Gasteiger partial charge in [0, 0.05) is 43.3 Å². The summed E-state index contributed by atoms with van der Waals surface area (Å²) in [5.74, 6) is 0.790. The maximum atomic E-state index is 12.8. The molecule has 0 bridgehead atoms. The first kappa shape index (κ1) is 29.1. The minimum absolute atomic E-state index is 0.0755. The van der Waals surface area contributed by atoms with E-state index >= 15 is 0 Å². The lowest BCUT2D eigenvalue weighted by Crippen LogP contribution is -2.31. The summed E-state index contributed by atoms with van der Waals surface area (Å²) in [6, 6.07) is 16.9. The summed E-state index contributed by atoms with van der Waals surface area (Å²) >= 11 is 0. The monoisotopic (exact) mass is 556 g/mol. The zero-order chi connectivity index (χ0) is 29.6. The smallest absolute Gasteiger partial charge is 0.412 e. The first-order chi connectivity index (χ1) is 19.5. The second-order valence-corrected chi connectivity index (χ2v) is 10.7. The van der Waals surface area contributed by atoms with Gasteiger partial charge in [0.2, 0.25) is 11.9 Å². The Balaban J connectivity index is 1.63. The topological polar surface area (TPSA) is 126 Å². The lowest BCUT2D eigenvalue weighted by molar-refractivity contribution is -0.131. The average molecular weight is 557 g/mol. The maximum absolute atomic E-state index is 12.8. The molecule has 0 saturated heterocycles. The maximum Gasteiger partial charge on any atom is 0.412 e. The van der Waals surface area contributed by atoms with Crippen LogP contribution in [0, 0.1) is 0 Å². The van der Waals surface area contributed by atoms with Crippen LogP contribution < -0.4 is 16.0 Å². The Labute approximate surface area is 240 Å². The Hall–Kier alpha value is -4.93. The number of carbonyl (C=O) groups excluding carboxylic acids is 2. The molecule has 0 radical (unpaired) electrons. The van der Waals surface area contributed by atoms with E-state index in [1.807, 2.05) is 62.6 Å². The van der Waals surface area contributed by atoms with Crippen molar-refractivity contribution >= 4 is 40.8 Å². The number of anilines is 5. The Bertz CT molecular complexity index is 1500. The molecule has 41 heavy (non-hydrogen) atoms. The van der Waals surface area contributed by atoms with E-state index in [2.05, 4.69) is 26.0 Å². The molecule has 1 atom stereocenters. The molecule has 1 unspecified atom stereocenters. The molecular weight excluding hydrogens is 520 g/mol. The highest BCUT2D eigenvalue weighted by atomic mass is 16.6. The Morgan fingerprint density at radius 3 is 2.39 bits per heavy atom. The number of amides is 2. The summed E-state index contributed by atoms with van der Waals surface area (Å²) < 4.78 is 7.05. The molecule has 0 spiro atoms. The fourth-order valence-corrected chi connectivity index (χ4v) is 4.15. The van der Waals surface area contributed by atoms with Gasteiger partial charge in [0.1, 0.15) is 11.4 Å². The van der Waals surface area contributed by atoms with Gasteiger partial charge in [-0.2, -0.15) is 10.1 Å². The first-order valence-corrected chi connectivity index (χ1v) is 13.3. The standard InChI is InChI=1S/C30H36N8O3/c1-20(22-11-8-7-9-12-22)38(21(2)39)18-23-16-31-28(34-26-17-32-37(6)19-26)36-27(23)33-24-13-10-14-25(15-24)35-29(40)41-30(3,4)5/h7-17,19-20H,18H2,1-6H3,(H,35,40)(H2,31,33,34,36). The van der Waals surface area contributed by atoms with Crippen molar-refractivity contribution in [2.75, 3.05) is 16.0 Å². The van der Waals surface area contributed by atoms with Crippen LogP contribution in [-0.4, -0.2) is 42.2 Å². The predicted molar refractivity (Wildman–Crippen MR) is 159 cm³/mol. The highest BCUT2D eigenvalue weighted by Gasteiger charge is 2.22. The van der Waals surface area contributed by atoms with E-state index in [0.717, 1.165) is 11.3 Å². The summed E-state index contributed by atoms with van der Waals surface area (Å²) in [5.41, 5.74) is 3.08. The van der Waals surface area contributed by atoms with E-state index in [1.165, 1.54) is 0 Å². The number of aromatic nitrogens is 4. The number of nitrogens with one attached hydrogen (secondary N) is 3. The lowest BCUT2D eigenvalue weighted by Gasteiger charge is -2.29.